The number of Topliss-reactive ketones (excluding diaryl/α,β-unsaturated/α-hetero) is 1. The second-order valence-corrected chi connectivity index (χ2v) is 2.28. The normalized spacial score (nSPS) is 11.0. The van der Waals surface area contributed by atoms with Crippen LogP contribution in [0.3, 0.4) is 0 Å². The van der Waals surface area contributed by atoms with Crippen molar-refractivity contribution in [1.29, 1.82) is 0 Å². The van der Waals surface area contributed by atoms with Crippen LogP contribution in [0.5, 0.6) is 0 Å². The number of hydrogen-bond donors (Lipinski definition) is 1. The van der Waals surface area contributed by atoms with Crippen LogP contribution in [0.15, 0.2) is 11.8 Å². The smallest absolute Gasteiger partial charge is 0.220 e. The van der Waals surface area contributed by atoms with Gasteiger partial charge in [-0.3, -0.25) is 9.59 Å². The van der Waals surface area contributed by atoms with E-state index in [1.807, 2.05) is 6.92 Å². The van der Waals surface area contributed by atoms with Crippen molar-refractivity contribution in [3.05, 3.63) is 11.8 Å². The summed E-state index contributed by atoms with van der Waals surface area (Å²) in [5.74, 6) is -0.154. The summed E-state index contributed by atoms with van der Waals surface area (Å²) in [6.45, 7) is 4.76. The Hall–Kier alpha value is -1.12. The fourth-order valence-electron chi connectivity index (χ4n) is 0.641. The highest BCUT2D eigenvalue weighted by Crippen LogP contribution is 1.99. The average Bonchev–Trinajstić information content (AvgIpc) is 1.87. The lowest BCUT2D eigenvalue weighted by Gasteiger charge is -1.98. The maximum Gasteiger partial charge on any atom is 0.220 e. The molecule has 0 spiro atoms. The maximum atomic E-state index is 10.8. The van der Waals surface area contributed by atoms with Gasteiger partial charge in [0.1, 0.15) is 0 Å². The molecule has 0 fully saturated rings. The zero-order chi connectivity index (χ0) is 8.85. The molecule has 0 heterocycles. The van der Waals surface area contributed by atoms with E-state index in [1.54, 1.807) is 0 Å². The molecule has 3 heteroatoms. The molecule has 0 radical (unpaired) electrons. The number of hydrogen-bond acceptors (Lipinski definition) is 2. The molecule has 11 heavy (non-hydrogen) atoms. The molecule has 1 amide bonds. The van der Waals surface area contributed by atoms with E-state index in [1.165, 1.54) is 20.0 Å². The molecule has 1 N–H and O–H groups in total. The molecule has 0 saturated carbocycles. The van der Waals surface area contributed by atoms with Crippen molar-refractivity contribution in [3.63, 3.8) is 0 Å². The van der Waals surface area contributed by atoms with Crippen LogP contribution in [0.1, 0.15) is 27.2 Å². The van der Waals surface area contributed by atoms with Crippen LogP contribution in [0.25, 0.3) is 0 Å². The molecule has 0 aliphatic heterocycles. The average molecular weight is 155 g/mol. The van der Waals surface area contributed by atoms with Crippen LogP contribution in [-0.2, 0) is 9.59 Å². The third-order valence-electron chi connectivity index (χ3n) is 1.28. The van der Waals surface area contributed by atoms with Crippen LogP contribution in [0, 0.1) is 0 Å². The zero-order valence-corrected chi connectivity index (χ0v) is 7.10. The topological polar surface area (TPSA) is 46.2 Å². The molecule has 0 aromatic rings. The number of nitrogens with one attached hydrogen (secondary N) is 1. The van der Waals surface area contributed by atoms with E-state index in [0.717, 1.165) is 0 Å². The summed E-state index contributed by atoms with van der Waals surface area (Å²) in [6, 6.07) is 0. The van der Waals surface area contributed by atoms with Crippen LogP contribution in [-0.4, -0.2) is 11.7 Å². The summed E-state index contributed by atoms with van der Waals surface area (Å²) in [7, 11) is 0. The number of carbonyl (C=O) groups is 2. The summed E-state index contributed by atoms with van der Waals surface area (Å²) in [5.41, 5.74) is 0.639. The van der Waals surface area contributed by atoms with Gasteiger partial charge in [0.05, 0.1) is 0 Å². The van der Waals surface area contributed by atoms with E-state index in [9.17, 15) is 9.59 Å². The van der Waals surface area contributed by atoms with Gasteiger partial charge < -0.3 is 5.32 Å². The lowest BCUT2D eigenvalue weighted by Crippen LogP contribution is -2.14. The van der Waals surface area contributed by atoms with Crippen LogP contribution < -0.4 is 5.32 Å². The van der Waals surface area contributed by atoms with Gasteiger partial charge in [0.15, 0.2) is 5.78 Å². The highest BCUT2D eigenvalue weighted by molar-refractivity contribution is 5.93. The summed E-state index contributed by atoms with van der Waals surface area (Å²) < 4.78 is 0. The van der Waals surface area contributed by atoms with Gasteiger partial charge in [-0.15, -0.1) is 0 Å². The molecule has 62 valence electrons. The first-order valence-corrected chi connectivity index (χ1v) is 3.55. The number of amides is 1. The molecule has 0 saturated heterocycles. The Bertz CT molecular complexity index is 194. The minimum Gasteiger partial charge on any atom is -0.333 e. The molecular weight excluding hydrogens is 142 g/mol. The molecular formula is C8H13NO2. The monoisotopic (exact) mass is 155 g/mol. The van der Waals surface area contributed by atoms with E-state index in [0.29, 0.717) is 12.0 Å². The minimum absolute atomic E-state index is 0.00116. The van der Waals surface area contributed by atoms with E-state index in [2.05, 4.69) is 5.32 Å². The third-order valence-corrected chi connectivity index (χ3v) is 1.28. The largest absolute Gasteiger partial charge is 0.333 e. The van der Waals surface area contributed by atoms with Crippen molar-refractivity contribution in [3.8, 4) is 0 Å². The van der Waals surface area contributed by atoms with Crippen LogP contribution in [0.4, 0.5) is 0 Å². The highest BCUT2D eigenvalue weighted by Gasteiger charge is 1.99. The predicted octanol–water partition coefficient (Wildman–Crippen LogP) is 1.01. The second-order valence-electron chi connectivity index (χ2n) is 2.28. The van der Waals surface area contributed by atoms with Gasteiger partial charge in [0.25, 0.3) is 0 Å². The first-order chi connectivity index (χ1) is 5.07. The summed E-state index contributed by atoms with van der Waals surface area (Å²) in [4.78, 5) is 21.2. The number of ketones is 1. The summed E-state index contributed by atoms with van der Waals surface area (Å²) in [5, 5.41) is 2.46. The molecule has 0 unspecified atom stereocenters. The van der Waals surface area contributed by atoms with E-state index < -0.39 is 0 Å². The molecule has 0 aliphatic rings. The fraction of sp³-hybridized carbons (Fsp3) is 0.500. The van der Waals surface area contributed by atoms with E-state index in [4.69, 9.17) is 0 Å². The second kappa shape index (κ2) is 4.66. The Morgan fingerprint density at radius 2 is 1.91 bits per heavy atom. The Kier molecular flexibility index (Phi) is 4.18. The van der Waals surface area contributed by atoms with Crippen LogP contribution >= 0.6 is 0 Å². The van der Waals surface area contributed by atoms with Gasteiger partial charge in [0.2, 0.25) is 5.91 Å². The van der Waals surface area contributed by atoms with Crippen molar-refractivity contribution in [2.24, 2.45) is 0 Å². The van der Waals surface area contributed by atoms with Crippen molar-refractivity contribution < 1.29 is 9.59 Å². The number of carbonyl (C=O) groups excluding carboxylic acids is 2. The van der Waals surface area contributed by atoms with E-state index >= 15 is 0 Å². The molecule has 0 rings (SSSR count). The first kappa shape index (κ1) is 9.88. The SMILES string of the molecule is CC/C(=C/NC(C)=O)C(C)=O. The van der Waals surface area contributed by atoms with Crippen molar-refractivity contribution in [2.75, 3.05) is 0 Å². The molecule has 3 nitrogen and oxygen atoms in total. The number of rotatable bonds is 3. The quantitative estimate of drug-likeness (QED) is 0.618. The lowest BCUT2D eigenvalue weighted by atomic mass is 10.1. The third kappa shape index (κ3) is 4.31. The summed E-state index contributed by atoms with van der Waals surface area (Å²) in [6.07, 6.45) is 2.11. The minimum atomic E-state index is -0.155. The first-order valence-electron chi connectivity index (χ1n) is 3.55. The maximum absolute atomic E-state index is 10.8. The van der Waals surface area contributed by atoms with Gasteiger partial charge in [-0.2, -0.15) is 0 Å². The van der Waals surface area contributed by atoms with Gasteiger partial charge >= 0.3 is 0 Å². The van der Waals surface area contributed by atoms with Gasteiger partial charge in [-0.05, 0) is 13.3 Å². The molecule has 0 bridgehead atoms. The van der Waals surface area contributed by atoms with Gasteiger partial charge in [-0.25, -0.2) is 0 Å². The van der Waals surface area contributed by atoms with Gasteiger partial charge in [-0.1, -0.05) is 6.92 Å². The highest BCUT2D eigenvalue weighted by atomic mass is 16.1. The molecule has 0 aromatic carbocycles. The standard InChI is InChI=1S/C8H13NO2/c1-4-8(6(2)10)5-9-7(3)11/h5H,4H2,1-3H3,(H,9,11)/b8-5-. The van der Waals surface area contributed by atoms with Crippen molar-refractivity contribution in [1.82, 2.24) is 5.32 Å². The fourth-order valence-corrected chi connectivity index (χ4v) is 0.641. The van der Waals surface area contributed by atoms with Gasteiger partial charge in [0, 0.05) is 18.7 Å². The van der Waals surface area contributed by atoms with Crippen molar-refractivity contribution >= 4 is 11.7 Å². The lowest BCUT2D eigenvalue weighted by molar-refractivity contribution is -0.118. The Morgan fingerprint density at radius 1 is 1.36 bits per heavy atom. The molecule has 0 aromatic heterocycles. The number of allylic oxidation sites excluding steroid dienone is 1. The molecule has 0 aliphatic carbocycles. The van der Waals surface area contributed by atoms with Crippen LogP contribution in [0.2, 0.25) is 0 Å². The molecule has 0 atom stereocenters. The predicted molar refractivity (Wildman–Crippen MR) is 42.9 cm³/mol. The zero-order valence-electron chi connectivity index (χ0n) is 7.10. The Balaban J connectivity index is 4.13. The van der Waals surface area contributed by atoms with E-state index in [-0.39, 0.29) is 11.7 Å². The Morgan fingerprint density at radius 3 is 2.18 bits per heavy atom. The Labute approximate surface area is 66.5 Å². The van der Waals surface area contributed by atoms with Crippen molar-refractivity contribution in [2.45, 2.75) is 27.2 Å². The summed E-state index contributed by atoms with van der Waals surface area (Å²) >= 11 is 0.